The van der Waals surface area contributed by atoms with Crippen molar-refractivity contribution in [1.82, 2.24) is 5.32 Å². The number of hydrogen-bond donors (Lipinski definition) is 3. The summed E-state index contributed by atoms with van der Waals surface area (Å²) >= 11 is 0. The molecule has 0 aliphatic heterocycles. The maximum Gasteiger partial charge on any atom is 0.305 e. The van der Waals surface area contributed by atoms with Gasteiger partial charge in [-0.15, -0.1) is 0 Å². The van der Waals surface area contributed by atoms with Gasteiger partial charge < -0.3 is 20.3 Å². The third-order valence-electron chi connectivity index (χ3n) is 14.0. The summed E-state index contributed by atoms with van der Waals surface area (Å²) in [6, 6.07) is -0.675. The molecule has 0 spiro atoms. The van der Waals surface area contributed by atoms with Gasteiger partial charge >= 0.3 is 5.97 Å². The van der Waals surface area contributed by atoms with Crippen molar-refractivity contribution in [2.24, 2.45) is 0 Å². The summed E-state index contributed by atoms with van der Waals surface area (Å²) in [5.41, 5.74) is 0. The normalized spacial score (nSPS) is 13.0. The molecule has 0 aromatic carbocycles. The van der Waals surface area contributed by atoms with Crippen LogP contribution in [-0.4, -0.2) is 47.4 Å². The number of aliphatic hydroxyl groups excluding tert-OH is 2. The van der Waals surface area contributed by atoms with Gasteiger partial charge in [-0.1, -0.05) is 280 Å². The van der Waals surface area contributed by atoms with E-state index in [9.17, 15) is 19.8 Å². The Morgan fingerprint density at radius 1 is 0.394 bits per heavy atom. The Labute approximate surface area is 441 Å². The number of carbonyl (C=O) groups is 2. The predicted molar refractivity (Wildman–Crippen MR) is 310 cm³/mol. The molecule has 6 nitrogen and oxygen atoms in total. The largest absolute Gasteiger partial charge is 0.466 e. The molecular formula is C65H119NO5. The minimum absolute atomic E-state index is 0.0259. The Kier molecular flexibility index (Phi) is 58.1. The summed E-state index contributed by atoms with van der Waals surface area (Å²) in [4.78, 5) is 24.5. The van der Waals surface area contributed by atoms with E-state index >= 15 is 0 Å². The van der Waals surface area contributed by atoms with Crippen LogP contribution in [-0.2, 0) is 14.3 Å². The summed E-state index contributed by atoms with van der Waals surface area (Å²) in [7, 11) is 0. The number of carbonyl (C=O) groups excluding carboxylic acids is 2. The van der Waals surface area contributed by atoms with Gasteiger partial charge in [-0.05, 0) is 83.5 Å². The van der Waals surface area contributed by atoms with Gasteiger partial charge in [-0.25, -0.2) is 0 Å². The molecule has 1 amide bonds. The molecule has 6 heteroatoms. The number of rotatable bonds is 57. The van der Waals surface area contributed by atoms with Crippen molar-refractivity contribution in [3.63, 3.8) is 0 Å². The number of unbranched alkanes of at least 4 members (excludes halogenated alkanes) is 38. The van der Waals surface area contributed by atoms with E-state index in [-0.39, 0.29) is 18.5 Å². The fraction of sp³-hybridized carbons (Fsp3) is 0.815. The molecule has 0 aliphatic carbocycles. The lowest BCUT2D eigenvalue weighted by Gasteiger charge is -2.19. The van der Waals surface area contributed by atoms with Crippen molar-refractivity contribution >= 4 is 11.9 Å². The number of aliphatic hydroxyl groups is 2. The van der Waals surface area contributed by atoms with E-state index in [0.717, 1.165) is 57.8 Å². The highest BCUT2D eigenvalue weighted by Crippen LogP contribution is 2.17. The molecule has 0 radical (unpaired) electrons. The Hall–Kier alpha value is -2.44. The molecule has 414 valence electrons. The maximum atomic E-state index is 12.5. The highest BCUT2D eigenvalue weighted by atomic mass is 16.5. The van der Waals surface area contributed by atoms with Crippen LogP contribution >= 0.6 is 0 Å². The Morgan fingerprint density at radius 3 is 1.11 bits per heavy atom. The zero-order valence-electron chi connectivity index (χ0n) is 47.2. The molecule has 3 N–H and O–H groups in total. The van der Waals surface area contributed by atoms with E-state index in [1.165, 1.54) is 225 Å². The molecule has 71 heavy (non-hydrogen) atoms. The van der Waals surface area contributed by atoms with Gasteiger partial charge in [0.2, 0.25) is 5.91 Å². The molecule has 2 unspecified atom stereocenters. The first-order valence-electron chi connectivity index (χ1n) is 31.1. The third kappa shape index (κ3) is 56.7. The lowest BCUT2D eigenvalue weighted by molar-refractivity contribution is -0.143. The monoisotopic (exact) mass is 994 g/mol. The fourth-order valence-corrected chi connectivity index (χ4v) is 9.24. The van der Waals surface area contributed by atoms with Crippen LogP contribution in [0.25, 0.3) is 0 Å². The first-order valence-corrected chi connectivity index (χ1v) is 31.1. The summed E-state index contributed by atoms with van der Waals surface area (Å²) in [6.07, 6.45) is 78.4. The van der Waals surface area contributed by atoms with Crippen molar-refractivity contribution in [3.8, 4) is 0 Å². The Bertz CT molecular complexity index is 1240. The first-order chi connectivity index (χ1) is 35.0. The number of esters is 1. The summed E-state index contributed by atoms with van der Waals surface area (Å²) in [5.74, 6) is -0.173. The summed E-state index contributed by atoms with van der Waals surface area (Å²) in [6.45, 7) is 4.83. The third-order valence-corrected chi connectivity index (χ3v) is 14.0. The van der Waals surface area contributed by atoms with Gasteiger partial charge in [-0.2, -0.15) is 0 Å². The second-order valence-electron chi connectivity index (χ2n) is 21.0. The van der Waals surface area contributed by atoms with Gasteiger partial charge in [0, 0.05) is 12.8 Å². The van der Waals surface area contributed by atoms with Crippen LogP contribution < -0.4 is 5.32 Å². The molecule has 0 fully saturated rings. The highest BCUT2D eigenvalue weighted by molar-refractivity contribution is 5.76. The summed E-state index contributed by atoms with van der Waals surface area (Å²) < 4.78 is 5.47. The Morgan fingerprint density at radius 2 is 0.718 bits per heavy atom. The average Bonchev–Trinajstić information content (AvgIpc) is 3.37. The topological polar surface area (TPSA) is 95.9 Å². The van der Waals surface area contributed by atoms with Crippen molar-refractivity contribution in [2.45, 2.75) is 328 Å². The number of ether oxygens (including phenoxy) is 1. The van der Waals surface area contributed by atoms with E-state index in [2.05, 4.69) is 61.7 Å². The molecule has 0 rings (SSSR count). The van der Waals surface area contributed by atoms with Crippen LogP contribution in [0.4, 0.5) is 0 Å². The zero-order valence-corrected chi connectivity index (χ0v) is 47.2. The van der Waals surface area contributed by atoms with E-state index in [1.54, 1.807) is 6.08 Å². The molecule has 0 aromatic rings. The van der Waals surface area contributed by atoms with Crippen molar-refractivity contribution < 1.29 is 24.5 Å². The number of allylic oxidation sites excluding steroid dienone is 9. The van der Waals surface area contributed by atoms with Crippen molar-refractivity contribution in [2.75, 3.05) is 13.2 Å². The minimum atomic E-state index is -0.882. The molecular weight excluding hydrogens is 875 g/mol. The van der Waals surface area contributed by atoms with E-state index in [0.29, 0.717) is 25.9 Å². The van der Waals surface area contributed by atoms with Crippen LogP contribution in [0, 0.1) is 0 Å². The lowest BCUT2D eigenvalue weighted by atomic mass is 10.0. The van der Waals surface area contributed by atoms with Gasteiger partial charge in [0.25, 0.3) is 0 Å². The number of amides is 1. The second-order valence-corrected chi connectivity index (χ2v) is 21.0. The van der Waals surface area contributed by atoms with E-state index in [4.69, 9.17) is 4.74 Å². The zero-order chi connectivity index (χ0) is 51.4. The van der Waals surface area contributed by atoms with Crippen LogP contribution in [0.2, 0.25) is 0 Å². The first kappa shape index (κ1) is 68.6. The molecule has 0 aliphatic rings. The molecule has 2 atom stereocenters. The van der Waals surface area contributed by atoms with Gasteiger partial charge in [0.1, 0.15) is 0 Å². The molecule has 0 aromatic heterocycles. The SMILES string of the molecule is CCCCCC/C=C\C/C=C\CCCCCCCCCC(=O)OCCCCCCCC/C=C\C/C=C\CCC(=O)NC(CO)C(O)/C=C/CCCCCCCCCCCCCCCCCCCCCCC. The standard InChI is InChI=1S/C65H119NO5/c1-3-5-7-9-11-13-15-17-19-21-23-24-25-26-27-28-30-33-37-41-45-49-53-57-63(68)62(61-67)66-64(69)58-54-50-46-42-38-34-32-36-40-44-48-52-56-60-71-65(70)59-55-51-47-43-39-35-31-29-22-20-18-16-14-12-10-8-6-4-2/h14,16,20,22,34,38,46,50,53,57,62-63,67-68H,3-13,15,17-19,21,23-33,35-37,39-45,47-49,51-52,54-56,58-61H2,1-2H3,(H,66,69)/b16-14-,22-20-,38-34-,50-46-,57-53+. The van der Waals surface area contributed by atoms with Gasteiger partial charge in [-0.3, -0.25) is 9.59 Å². The van der Waals surface area contributed by atoms with Crippen LogP contribution in [0.3, 0.4) is 0 Å². The van der Waals surface area contributed by atoms with Crippen molar-refractivity contribution in [3.05, 3.63) is 60.8 Å². The van der Waals surface area contributed by atoms with Crippen LogP contribution in [0.5, 0.6) is 0 Å². The highest BCUT2D eigenvalue weighted by Gasteiger charge is 2.17. The molecule has 0 saturated carbocycles. The number of nitrogens with one attached hydrogen (secondary N) is 1. The van der Waals surface area contributed by atoms with E-state index < -0.39 is 12.1 Å². The predicted octanol–water partition coefficient (Wildman–Crippen LogP) is 19.5. The minimum Gasteiger partial charge on any atom is -0.466 e. The maximum absolute atomic E-state index is 12.5. The second kappa shape index (κ2) is 60.1. The lowest BCUT2D eigenvalue weighted by Crippen LogP contribution is -2.45. The van der Waals surface area contributed by atoms with Gasteiger partial charge in [0.15, 0.2) is 0 Å². The fourth-order valence-electron chi connectivity index (χ4n) is 9.24. The van der Waals surface area contributed by atoms with E-state index in [1.807, 2.05) is 12.2 Å². The quantitative estimate of drug-likeness (QED) is 0.0321. The van der Waals surface area contributed by atoms with Crippen LogP contribution in [0.1, 0.15) is 316 Å². The molecule has 0 saturated heterocycles. The van der Waals surface area contributed by atoms with Crippen molar-refractivity contribution in [1.29, 1.82) is 0 Å². The van der Waals surface area contributed by atoms with Crippen LogP contribution in [0.15, 0.2) is 60.8 Å². The van der Waals surface area contributed by atoms with Gasteiger partial charge in [0.05, 0.1) is 25.4 Å². The molecule has 0 heterocycles. The number of hydrogen-bond acceptors (Lipinski definition) is 5. The average molecular weight is 995 g/mol. The molecule has 0 bridgehead atoms. The summed E-state index contributed by atoms with van der Waals surface area (Å²) in [5, 5.41) is 23.1. The Balaban J connectivity index is 3.57. The smallest absolute Gasteiger partial charge is 0.305 e.